The summed E-state index contributed by atoms with van der Waals surface area (Å²) >= 11 is 0. The van der Waals surface area contributed by atoms with Crippen LogP contribution in [-0.4, -0.2) is 35.7 Å². The topological polar surface area (TPSA) is 47.3 Å². The molecule has 3 nitrogen and oxygen atoms in total. The van der Waals surface area contributed by atoms with Gasteiger partial charge in [-0.3, -0.25) is 4.90 Å². The first-order valence-corrected chi connectivity index (χ1v) is 5.50. The smallest absolute Gasteiger partial charge is 0.0704 e. The van der Waals surface area contributed by atoms with Crippen LogP contribution >= 0.6 is 0 Å². The first-order chi connectivity index (χ1) is 6.70. The van der Waals surface area contributed by atoms with Crippen LogP contribution in [0.1, 0.15) is 19.8 Å². The number of aliphatic hydroxyl groups excluding tert-OH is 1. The van der Waals surface area contributed by atoms with Crippen molar-refractivity contribution in [3.63, 3.8) is 0 Å². The lowest BCUT2D eigenvalue weighted by Gasteiger charge is -2.18. The van der Waals surface area contributed by atoms with Crippen molar-refractivity contribution in [3.05, 3.63) is 0 Å². The zero-order valence-corrected chi connectivity index (χ0v) is 8.69. The molecule has 1 aliphatic carbocycles. The number of hydrogen-bond acceptors (Lipinski definition) is 3. The van der Waals surface area contributed by atoms with Crippen molar-refractivity contribution in [2.24, 2.45) is 17.8 Å². The van der Waals surface area contributed by atoms with E-state index in [0.29, 0.717) is 11.8 Å². The molecule has 2 rings (SSSR count). The fourth-order valence-electron chi connectivity index (χ4n) is 2.27. The maximum Gasteiger partial charge on any atom is 0.0704 e. The molecule has 14 heavy (non-hydrogen) atoms. The predicted octanol–water partition coefficient (Wildman–Crippen LogP) is 0.849. The zero-order chi connectivity index (χ0) is 10.1. The standard InChI is InChI=1S/C11H18N2O/c1-8-5-13(7-11(8)14)6-10(4-12)9-2-3-9/h8-11,14H,2-3,5-7H2,1H3. The van der Waals surface area contributed by atoms with Crippen LogP contribution in [0.4, 0.5) is 0 Å². The van der Waals surface area contributed by atoms with Crippen LogP contribution in [0.2, 0.25) is 0 Å². The fraction of sp³-hybridized carbons (Fsp3) is 0.909. The number of hydrogen-bond donors (Lipinski definition) is 1. The molecule has 0 radical (unpaired) electrons. The molecule has 0 amide bonds. The molecule has 2 fully saturated rings. The highest BCUT2D eigenvalue weighted by Gasteiger charge is 2.35. The number of nitrogens with zero attached hydrogens (tertiary/aromatic N) is 2. The second-order valence-corrected chi connectivity index (χ2v) is 4.84. The predicted molar refractivity (Wildman–Crippen MR) is 53.4 cm³/mol. The summed E-state index contributed by atoms with van der Waals surface area (Å²) in [7, 11) is 0. The molecule has 3 heteroatoms. The largest absolute Gasteiger partial charge is 0.391 e. The summed E-state index contributed by atoms with van der Waals surface area (Å²) < 4.78 is 0. The first-order valence-electron chi connectivity index (χ1n) is 5.50. The Kier molecular flexibility index (Phi) is 2.76. The molecule has 1 saturated carbocycles. The van der Waals surface area contributed by atoms with Crippen LogP contribution < -0.4 is 0 Å². The number of β-amino-alcohol motifs (C(OH)–C–C–N with tert-alkyl or cyclic N) is 1. The molecule has 0 aromatic carbocycles. The van der Waals surface area contributed by atoms with E-state index in [9.17, 15) is 5.11 Å². The summed E-state index contributed by atoms with van der Waals surface area (Å²) in [6.07, 6.45) is 2.27. The Morgan fingerprint density at radius 1 is 1.50 bits per heavy atom. The van der Waals surface area contributed by atoms with Crippen LogP contribution in [-0.2, 0) is 0 Å². The summed E-state index contributed by atoms with van der Waals surface area (Å²) in [5.41, 5.74) is 0. The second-order valence-electron chi connectivity index (χ2n) is 4.84. The Labute approximate surface area is 85.3 Å². The Hall–Kier alpha value is -0.590. The minimum absolute atomic E-state index is 0.187. The summed E-state index contributed by atoms with van der Waals surface area (Å²) in [6.45, 7) is 4.64. The molecular weight excluding hydrogens is 176 g/mol. The van der Waals surface area contributed by atoms with Crippen molar-refractivity contribution >= 4 is 0 Å². The molecule has 3 unspecified atom stereocenters. The third-order valence-corrected chi connectivity index (χ3v) is 3.46. The minimum atomic E-state index is -0.187. The second kappa shape index (κ2) is 3.88. The maximum absolute atomic E-state index is 9.58. The Bertz CT molecular complexity index is 234. The van der Waals surface area contributed by atoms with Crippen molar-refractivity contribution in [2.45, 2.75) is 25.9 Å². The van der Waals surface area contributed by atoms with Gasteiger partial charge >= 0.3 is 0 Å². The Morgan fingerprint density at radius 2 is 2.21 bits per heavy atom. The van der Waals surface area contributed by atoms with E-state index < -0.39 is 0 Å². The lowest BCUT2D eigenvalue weighted by molar-refractivity contribution is 0.146. The number of nitriles is 1. The lowest BCUT2D eigenvalue weighted by atomic mass is 10.1. The summed E-state index contributed by atoms with van der Waals surface area (Å²) in [4.78, 5) is 2.24. The van der Waals surface area contributed by atoms with E-state index >= 15 is 0 Å². The van der Waals surface area contributed by atoms with Gasteiger partial charge in [-0.05, 0) is 24.7 Å². The van der Waals surface area contributed by atoms with Crippen LogP contribution in [0.5, 0.6) is 0 Å². The Balaban J connectivity index is 1.83. The van der Waals surface area contributed by atoms with Gasteiger partial charge in [-0.25, -0.2) is 0 Å². The van der Waals surface area contributed by atoms with Crippen molar-refractivity contribution in [1.82, 2.24) is 4.90 Å². The Morgan fingerprint density at radius 3 is 2.64 bits per heavy atom. The molecule has 1 aliphatic heterocycles. The van der Waals surface area contributed by atoms with E-state index in [1.54, 1.807) is 0 Å². The molecule has 3 atom stereocenters. The monoisotopic (exact) mass is 194 g/mol. The molecule has 1 saturated heterocycles. The normalized spacial score (nSPS) is 35.5. The molecule has 1 N–H and O–H groups in total. The molecule has 0 spiro atoms. The van der Waals surface area contributed by atoms with Crippen molar-refractivity contribution < 1.29 is 5.11 Å². The number of aliphatic hydroxyl groups is 1. The number of likely N-dealkylation sites (tertiary alicyclic amines) is 1. The third kappa shape index (κ3) is 2.08. The molecule has 1 heterocycles. The van der Waals surface area contributed by atoms with Gasteiger partial charge in [-0.1, -0.05) is 6.92 Å². The van der Waals surface area contributed by atoms with Gasteiger partial charge < -0.3 is 5.11 Å². The average molecular weight is 194 g/mol. The minimum Gasteiger partial charge on any atom is -0.391 e. The van der Waals surface area contributed by atoms with E-state index in [-0.39, 0.29) is 12.0 Å². The van der Waals surface area contributed by atoms with Gasteiger partial charge in [0.25, 0.3) is 0 Å². The quantitative estimate of drug-likeness (QED) is 0.724. The molecular formula is C11H18N2O. The van der Waals surface area contributed by atoms with Gasteiger partial charge in [0.15, 0.2) is 0 Å². The molecule has 78 valence electrons. The first kappa shape index (κ1) is 9.95. The fourth-order valence-corrected chi connectivity index (χ4v) is 2.27. The van der Waals surface area contributed by atoms with Gasteiger partial charge in [0.05, 0.1) is 18.1 Å². The van der Waals surface area contributed by atoms with E-state index in [2.05, 4.69) is 17.9 Å². The SMILES string of the molecule is CC1CN(CC(C#N)C2CC2)CC1O. The summed E-state index contributed by atoms with van der Waals surface area (Å²) in [6, 6.07) is 2.40. The van der Waals surface area contributed by atoms with Crippen LogP contribution in [0.15, 0.2) is 0 Å². The van der Waals surface area contributed by atoms with E-state index in [0.717, 1.165) is 19.6 Å². The average Bonchev–Trinajstić information content (AvgIpc) is 2.92. The lowest BCUT2D eigenvalue weighted by Crippen LogP contribution is -2.28. The van der Waals surface area contributed by atoms with E-state index in [4.69, 9.17) is 5.26 Å². The van der Waals surface area contributed by atoms with Crippen molar-refractivity contribution in [1.29, 1.82) is 5.26 Å². The van der Waals surface area contributed by atoms with E-state index in [1.807, 2.05) is 0 Å². The molecule has 2 aliphatic rings. The van der Waals surface area contributed by atoms with Crippen LogP contribution in [0.3, 0.4) is 0 Å². The van der Waals surface area contributed by atoms with E-state index in [1.165, 1.54) is 12.8 Å². The highest BCUT2D eigenvalue weighted by molar-refractivity contribution is 4.97. The highest BCUT2D eigenvalue weighted by Crippen LogP contribution is 2.37. The molecule has 0 aromatic heterocycles. The summed E-state index contributed by atoms with van der Waals surface area (Å²) in [5.74, 6) is 1.22. The number of rotatable bonds is 3. The molecule has 0 bridgehead atoms. The van der Waals surface area contributed by atoms with Crippen LogP contribution in [0.25, 0.3) is 0 Å². The third-order valence-electron chi connectivity index (χ3n) is 3.46. The van der Waals surface area contributed by atoms with Crippen LogP contribution in [0, 0.1) is 29.1 Å². The van der Waals surface area contributed by atoms with Crippen molar-refractivity contribution in [2.75, 3.05) is 19.6 Å². The van der Waals surface area contributed by atoms with Gasteiger partial charge in [-0.15, -0.1) is 0 Å². The van der Waals surface area contributed by atoms with Gasteiger partial charge in [0.2, 0.25) is 0 Å². The van der Waals surface area contributed by atoms with Gasteiger partial charge in [0.1, 0.15) is 0 Å². The highest BCUT2D eigenvalue weighted by atomic mass is 16.3. The summed E-state index contributed by atoms with van der Waals surface area (Å²) in [5, 5.41) is 18.6. The molecule has 0 aromatic rings. The zero-order valence-electron chi connectivity index (χ0n) is 8.69. The van der Waals surface area contributed by atoms with Gasteiger partial charge in [-0.2, -0.15) is 5.26 Å². The van der Waals surface area contributed by atoms with Gasteiger partial charge in [0, 0.05) is 19.6 Å². The maximum atomic E-state index is 9.58. The van der Waals surface area contributed by atoms with Crippen molar-refractivity contribution in [3.8, 4) is 6.07 Å².